The van der Waals surface area contributed by atoms with Crippen molar-refractivity contribution < 1.29 is 13.9 Å². The molecule has 5 nitrogen and oxygen atoms in total. The van der Waals surface area contributed by atoms with Crippen molar-refractivity contribution in [3.63, 3.8) is 0 Å². The number of thiazole rings is 1. The van der Waals surface area contributed by atoms with Crippen LogP contribution in [0.15, 0.2) is 51.7 Å². The molecule has 0 fully saturated rings. The van der Waals surface area contributed by atoms with Crippen LogP contribution in [-0.2, 0) is 11.3 Å². The molecular weight excluding hydrogens is 445 g/mol. The van der Waals surface area contributed by atoms with Gasteiger partial charge in [0.2, 0.25) is 0 Å². The van der Waals surface area contributed by atoms with Crippen LogP contribution >= 0.6 is 34.7 Å². The fourth-order valence-corrected chi connectivity index (χ4v) is 4.87. The van der Waals surface area contributed by atoms with Crippen LogP contribution in [0, 0.1) is 5.82 Å². The number of aromatic nitrogens is 2. The fourth-order valence-electron chi connectivity index (χ4n) is 2.45. The maximum absolute atomic E-state index is 14.5. The van der Waals surface area contributed by atoms with E-state index >= 15 is 0 Å². The first-order chi connectivity index (χ1) is 14.1. The van der Waals surface area contributed by atoms with Gasteiger partial charge in [0.1, 0.15) is 21.6 Å². The van der Waals surface area contributed by atoms with Crippen molar-refractivity contribution in [1.82, 2.24) is 14.9 Å². The molecule has 0 aliphatic rings. The summed E-state index contributed by atoms with van der Waals surface area (Å²) in [5, 5.41) is 1.07. The lowest BCUT2D eigenvalue weighted by molar-refractivity contribution is 0.0285. The summed E-state index contributed by atoms with van der Waals surface area (Å²) in [6.07, 6.45) is 1.21. The first kappa shape index (κ1) is 22.5. The van der Waals surface area contributed by atoms with Crippen LogP contribution in [0.5, 0.6) is 0 Å². The third-order valence-electron chi connectivity index (χ3n) is 3.76. The Morgan fingerprint density at radius 3 is 2.63 bits per heavy atom. The van der Waals surface area contributed by atoms with E-state index in [9.17, 15) is 9.18 Å². The highest BCUT2D eigenvalue weighted by Crippen LogP contribution is 2.41. The highest BCUT2D eigenvalue weighted by Gasteiger charge is 2.22. The lowest BCUT2D eigenvalue weighted by Gasteiger charge is -2.24. The number of ether oxygens (including phenoxy) is 1. The first-order valence-corrected chi connectivity index (χ1v) is 11.1. The second-order valence-corrected chi connectivity index (χ2v) is 10.3. The Labute approximate surface area is 188 Å². The molecule has 0 radical (unpaired) electrons. The van der Waals surface area contributed by atoms with E-state index in [1.165, 1.54) is 34.1 Å². The van der Waals surface area contributed by atoms with Crippen molar-refractivity contribution in [1.29, 1.82) is 0 Å². The number of nitrogens with zero attached hydrogens (tertiary/aromatic N) is 3. The minimum atomic E-state index is -0.588. The van der Waals surface area contributed by atoms with Crippen LogP contribution in [0.4, 0.5) is 9.18 Å². The lowest BCUT2D eigenvalue weighted by Crippen LogP contribution is -2.33. The van der Waals surface area contributed by atoms with Gasteiger partial charge in [-0.15, -0.1) is 11.3 Å². The topological polar surface area (TPSA) is 55.3 Å². The van der Waals surface area contributed by atoms with E-state index in [2.05, 4.69) is 9.97 Å². The fraction of sp³-hybridized carbons (Fsp3) is 0.286. The minimum absolute atomic E-state index is 0.250. The van der Waals surface area contributed by atoms with Crippen molar-refractivity contribution in [2.24, 2.45) is 0 Å². The lowest BCUT2D eigenvalue weighted by atomic mass is 10.1. The van der Waals surface area contributed by atoms with Crippen LogP contribution < -0.4 is 0 Å². The van der Waals surface area contributed by atoms with Crippen LogP contribution in [0.2, 0.25) is 5.15 Å². The van der Waals surface area contributed by atoms with Crippen molar-refractivity contribution in [3.05, 3.63) is 58.6 Å². The second-order valence-electron chi connectivity index (χ2n) is 7.48. The molecule has 0 unspecified atom stereocenters. The zero-order chi connectivity index (χ0) is 21.9. The van der Waals surface area contributed by atoms with Crippen molar-refractivity contribution in [2.75, 3.05) is 7.05 Å². The molecule has 0 saturated carbocycles. The number of benzene rings is 1. The normalized spacial score (nSPS) is 11.4. The molecule has 30 heavy (non-hydrogen) atoms. The molecular formula is C21H21ClFN3O2S2. The van der Waals surface area contributed by atoms with Gasteiger partial charge in [-0.05, 0) is 45.0 Å². The summed E-state index contributed by atoms with van der Waals surface area (Å²) < 4.78 is 20.7. The van der Waals surface area contributed by atoms with E-state index < -0.39 is 11.7 Å². The third kappa shape index (κ3) is 5.93. The molecule has 158 valence electrons. The highest BCUT2D eigenvalue weighted by atomic mass is 35.5. The Kier molecular flexibility index (Phi) is 7.00. The quantitative estimate of drug-likeness (QED) is 0.401. The predicted molar refractivity (Wildman–Crippen MR) is 119 cm³/mol. The molecule has 0 saturated heterocycles. The molecule has 2 aromatic heterocycles. The Morgan fingerprint density at radius 2 is 2.00 bits per heavy atom. The first-order valence-electron chi connectivity index (χ1n) is 9.10. The van der Waals surface area contributed by atoms with Gasteiger partial charge >= 0.3 is 6.09 Å². The number of pyridine rings is 1. The zero-order valence-corrected chi connectivity index (χ0v) is 19.4. The average Bonchev–Trinajstić information content (AvgIpc) is 3.04. The Morgan fingerprint density at radius 1 is 1.27 bits per heavy atom. The number of halogens is 2. The maximum Gasteiger partial charge on any atom is 0.410 e. The minimum Gasteiger partial charge on any atom is -0.444 e. The smallest absolute Gasteiger partial charge is 0.410 e. The van der Waals surface area contributed by atoms with E-state index in [-0.39, 0.29) is 12.4 Å². The van der Waals surface area contributed by atoms with Gasteiger partial charge in [-0.2, -0.15) is 0 Å². The van der Waals surface area contributed by atoms with Crippen LogP contribution in [-0.4, -0.2) is 33.6 Å². The molecule has 0 bridgehead atoms. The monoisotopic (exact) mass is 465 g/mol. The second kappa shape index (κ2) is 9.32. The molecule has 1 amide bonds. The summed E-state index contributed by atoms with van der Waals surface area (Å²) in [6, 6.07) is 10.0. The Hall–Kier alpha value is -2.16. The number of amides is 1. The van der Waals surface area contributed by atoms with E-state index in [1.807, 2.05) is 26.8 Å². The van der Waals surface area contributed by atoms with Gasteiger partial charge < -0.3 is 9.64 Å². The van der Waals surface area contributed by atoms with Crippen LogP contribution in [0.1, 0.15) is 25.8 Å². The maximum atomic E-state index is 14.5. The molecule has 3 aromatic rings. The number of hydrogen-bond donors (Lipinski definition) is 0. The summed E-state index contributed by atoms with van der Waals surface area (Å²) in [7, 11) is 1.65. The molecule has 0 atom stereocenters. The van der Waals surface area contributed by atoms with Gasteiger partial charge in [-0.1, -0.05) is 35.5 Å². The molecule has 2 heterocycles. The molecule has 3 rings (SSSR count). The summed E-state index contributed by atoms with van der Waals surface area (Å²) in [6.45, 7) is 5.69. The zero-order valence-electron chi connectivity index (χ0n) is 17.0. The molecule has 1 aromatic carbocycles. The van der Waals surface area contributed by atoms with Gasteiger partial charge in [-0.3, -0.25) is 0 Å². The highest BCUT2D eigenvalue weighted by molar-refractivity contribution is 8.01. The van der Waals surface area contributed by atoms with Gasteiger partial charge in [0.15, 0.2) is 0 Å². The van der Waals surface area contributed by atoms with Gasteiger partial charge in [0.05, 0.1) is 16.4 Å². The summed E-state index contributed by atoms with van der Waals surface area (Å²) >= 11 is 8.70. The summed E-state index contributed by atoms with van der Waals surface area (Å²) in [4.78, 5) is 23.3. The number of carbonyl (C=O) groups excluding carboxylic acids is 1. The van der Waals surface area contributed by atoms with Crippen molar-refractivity contribution >= 4 is 40.8 Å². The standard InChI is InChI=1S/C21H21ClFN3O2S2/c1-21(2,3)28-20(27)26(4)12-17-25-18(14-7-5-6-8-15(14)23)19(30-17)29-13-9-10-16(22)24-11-13/h5-11H,12H2,1-4H3. The van der Waals surface area contributed by atoms with E-state index in [4.69, 9.17) is 16.3 Å². The largest absolute Gasteiger partial charge is 0.444 e. The van der Waals surface area contributed by atoms with E-state index in [1.54, 1.807) is 37.5 Å². The summed E-state index contributed by atoms with van der Waals surface area (Å²) in [5.41, 5.74) is 0.352. The van der Waals surface area contributed by atoms with Gasteiger partial charge in [-0.25, -0.2) is 19.2 Å². The molecule has 9 heteroatoms. The van der Waals surface area contributed by atoms with Crippen molar-refractivity contribution in [2.45, 2.75) is 42.0 Å². The third-order valence-corrected chi connectivity index (χ3v) is 6.17. The Balaban J connectivity index is 1.91. The molecule has 0 aliphatic carbocycles. The van der Waals surface area contributed by atoms with Crippen LogP contribution in [0.25, 0.3) is 11.3 Å². The summed E-state index contributed by atoms with van der Waals surface area (Å²) in [5.74, 6) is -0.356. The van der Waals surface area contributed by atoms with Crippen molar-refractivity contribution in [3.8, 4) is 11.3 Å². The molecule has 0 aliphatic heterocycles. The predicted octanol–water partition coefficient (Wildman–Crippen LogP) is 6.52. The van der Waals surface area contributed by atoms with E-state index in [0.717, 1.165) is 9.10 Å². The Bertz CT molecular complexity index is 1040. The SMILES string of the molecule is CN(Cc1nc(-c2ccccc2F)c(Sc2ccc(Cl)nc2)s1)C(=O)OC(C)(C)C. The molecule has 0 N–H and O–H groups in total. The molecule has 0 spiro atoms. The van der Waals surface area contributed by atoms with E-state index in [0.29, 0.717) is 21.4 Å². The van der Waals surface area contributed by atoms with Crippen LogP contribution in [0.3, 0.4) is 0 Å². The number of hydrogen-bond acceptors (Lipinski definition) is 6. The number of carbonyl (C=O) groups is 1. The number of rotatable bonds is 5. The average molecular weight is 466 g/mol. The van der Waals surface area contributed by atoms with Gasteiger partial charge in [0, 0.05) is 23.7 Å². The van der Waals surface area contributed by atoms with Gasteiger partial charge in [0.25, 0.3) is 0 Å².